The van der Waals surface area contributed by atoms with E-state index < -0.39 is 27.9 Å². The molecule has 0 aliphatic carbocycles. The van der Waals surface area contributed by atoms with Gasteiger partial charge in [0.25, 0.3) is 5.91 Å². The molecule has 0 spiro atoms. The molecule has 16 heteroatoms. The van der Waals surface area contributed by atoms with Gasteiger partial charge in [-0.2, -0.15) is 18.3 Å². The van der Waals surface area contributed by atoms with Crippen LogP contribution in [0.25, 0.3) is 11.3 Å². The lowest BCUT2D eigenvalue weighted by atomic mass is 10.1. The van der Waals surface area contributed by atoms with Crippen LogP contribution in [0, 0.1) is 0 Å². The van der Waals surface area contributed by atoms with Gasteiger partial charge in [0.05, 0.1) is 17.6 Å². The Morgan fingerprint density at radius 2 is 1.92 bits per heavy atom. The van der Waals surface area contributed by atoms with Crippen LogP contribution in [0.4, 0.5) is 30.5 Å². The molecule has 1 amide bonds. The van der Waals surface area contributed by atoms with E-state index in [4.69, 9.17) is 10.5 Å². The zero-order valence-corrected chi connectivity index (χ0v) is 20.0. The number of benzene rings is 1. The number of amides is 1. The molecule has 5 N–H and O–H groups in total. The predicted molar refractivity (Wildman–Crippen MR) is 130 cm³/mol. The summed E-state index contributed by atoms with van der Waals surface area (Å²) in [7, 11) is -4.82. The number of sulfonamides is 1. The van der Waals surface area contributed by atoms with Crippen LogP contribution in [0.5, 0.6) is 5.75 Å². The molecule has 1 aromatic carbocycles. The van der Waals surface area contributed by atoms with E-state index >= 15 is 0 Å². The molecule has 4 rings (SSSR count). The first-order chi connectivity index (χ1) is 18.0. The molecule has 12 nitrogen and oxygen atoms in total. The van der Waals surface area contributed by atoms with Crippen LogP contribution in [0.1, 0.15) is 16.1 Å². The Kier molecular flexibility index (Phi) is 7.43. The minimum atomic E-state index is -4.96. The van der Waals surface area contributed by atoms with E-state index in [1.165, 1.54) is 43.0 Å². The number of ether oxygens (including phenoxy) is 1. The molecule has 0 radical (unpaired) electrons. The smallest absolute Gasteiger partial charge is 0.404 e. The Labute approximate surface area is 213 Å². The van der Waals surface area contributed by atoms with Crippen molar-refractivity contribution in [1.82, 2.24) is 25.1 Å². The first-order valence-corrected chi connectivity index (χ1v) is 12.3. The van der Waals surface area contributed by atoms with Gasteiger partial charge in [-0.25, -0.2) is 13.4 Å². The van der Waals surface area contributed by atoms with Crippen molar-refractivity contribution in [1.29, 1.82) is 0 Å². The Hall–Kier alpha value is -4.73. The lowest BCUT2D eigenvalue weighted by Crippen LogP contribution is -2.28. The summed E-state index contributed by atoms with van der Waals surface area (Å²) >= 11 is 0. The fourth-order valence-electron chi connectivity index (χ4n) is 3.30. The Bertz CT molecular complexity index is 1530. The average molecular weight is 549 g/mol. The maximum Gasteiger partial charge on any atom is 0.404 e. The number of alkyl halides is 3. The lowest BCUT2D eigenvalue weighted by molar-refractivity contribution is -0.106. The number of hydrogen-bond donors (Lipinski definition) is 4. The second-order valence-electron chi connectivity index (χ2n) is 7.70. The van der Waals surface area contributed by atoms with Crippen molar-refractivity contribution in [3.05, 3.63) is 72.4 Å². The number of halogens is 3. The van der Waals surface area contributed by atoms with E-state index in [9.17, 15) is 26.4 Å². The van der Waals surface area contributed by atoms with Gasteiger partial charge in [0.1, 0.15) is 35.2 Å². The minimum Gasteiger partial charge on any atom is -0.485 e. The van der Waals surface area contributed by atoms with Gasteiger partial charge in [-0.3, -0.25) is 24.6 Å². The molecule has 3 aromatic heterocycles. The van der Waals surface area contributed by atoms with Gasteiger partial charge in [0.2, 0.25) is 10.0 Å². The average Bonchev–Trinajstić information content (AvgIpc) is 3.27. The van der Waals surface area contributed by atoms with E-state index in [2.05, 4.69) is 30.5 Å². The van der Waals surface area contributed by atoms with Gasteiger partial charge >= 0.3 is 6.18 Å². The number of carbonyl (C=O) groups is 1. The van der Waals surface area contributed by atoms with Crippen LogP contribution in [-0.4, -0.2) is 51.4 Å². The number of aromatic nitrogens is 5. The molecule has 0 aliphatic heterocycles. The maximum absolute atomic E-state index is 12.8. The first-order valence-electron chi connectivity index (χ1n) is 10.7. The summed E-state index contributed by atoms with van der Waals surface area (Å²) in [5.74, 6) is -2.69. The molecule has 0 saturated carbocycles. The highest BCUT2D eigenvalue weighted by Crippen LogP contribution is 2.35. The summed E-state index contributed by atoms with van der Waals surface area (Å²) in [6.45, 7) is -0.138. The van der Waals surface area contributed by atoms with Gasteiger partial charge in [0, 0.05) is 24.2 Å². The van der Waals surface area contributed by atoms with Gasteiger partial charge < -0.3 is 15.8 Å². The van der Waals surface area contributed by atoms with Crippen LogP contribution >= 0.6 is 0 Å². The van der Waals surface area contributed by atoms with Gasteiger partial charge in [-0.15, -0.1) is 0 Å². The fraction of sp³-hybridized carbons (Fsp3) is 0.136. The summed E-state index contributed by atoms with van der Waals surface area (Å²) in [6, 6.07) is 8.85. The number of primary amides is 1. The lowest BCUT2D eigenvalue weighted by Gasteiger charge is -2.15. The number of nitrogens with one attached hydrogen (secondary N) is 3. The summed E-state index contributed by atoms with van der Waals surface area (Å²) in [5.41, 5.74) is 6.04. The molecule has 0 aliphatic rings. The largest absolute Gasteiger partial charge is 0.485 e. The summed E-state index contributed by atoms with van der Waals surface area (Å²) < 4.78 is 70.1. The van der Waals surface area contributed by atoms with Crippen LogP contribution in [-0.2, 0) is 16.6 Å². The third-order valence-electron chi connectivity index (χ3n) is 4.80. The molecule has 0 fully saturated rings. The van der Waals surface area contributed by atoms with E-state index in [0.717, 1.165) is 0 Å². The van der Waals surface area contributed by atoms with E-state index in [1.54, 1.807) is 18.2 Å². The summed E-state index contributed by atoms with van der Waals surface area (Å²) in [4.78, 5) is 24.4. The first kappa shape index (κ1) is 26.3. The van der Waals surface area contributed by atoms with Crippen molar-refractivity contribution in [3.8, 4) is 17.0 Å². The Balaban J connectivity index is 1.71. The minimum absolute atomic E-state index is 0.0586. The number of pyridine rings is 1. The van der Waals surface area contributed by atoms with E-state index in [1.807, 2.05) is 4.72 Å². The fourth-order valence-corrected chi connectivity index (χ4v) is 4.31. The van der Waals surface area contributed by atoms with Gasteiger partial charge in [-0.05, 0) is 24.3 Å². The second kappa shape index (κ2) is 10.7. The number of anilines is 3. The normalized spacial score (nSPS) is 11.7. The van der Waals surface area contributed by atoms with Crippen LogP contribution in [0.2, 0.25) is 0 Å². The van der Waals surface area contributed by atoms with Gasteiger partial charge in [0.15, 0.2) is 5.75 Å². The highest BCUT2D eigenvalue weighted by molar-refractivity contribution is 7.92. The Morgan fingerprint density at radius 3 is 2.58 bits per heavy atom. The van der Waals surface area contributed by atoms with Crippen molar-refractivity contribution in [3.63, 3.8) is 0 Å². The van der Waals surface area contributed by atoms with Crippen LogP contribution in [0.3, 0.4) is 0 Å². The number of nitrogens with zero attached hydrogens (tertiary/aromatic N) is 4. The third-order valence-corrected chi connectivity index (χ3v) is 6.04. The molecular formula is C22H19F3N8O4S. The number of carbonyl (C=O) groups excluding carboxylic acids is 1. The number of rotatable bonds is 10. The van der Waals surface area contributed by atoms with Gasteiger partial charge in [-0.1, -0.05) is 12.1 Å². The maximum atomic E-state index is 12.8. The molecule has 0 unspecified atom stereocenters. The zero-order valence-electron chi connectivity index (χ0n) is 19.2. The number of hydrogen-bond acceptors (Lipinski definition) is 9. The van der Waals surface area contributed by atoms with Crippen molar-refractivity contribution in [2.24, 2.45) is 5.73 Å². The van der Waals surface area contributed by atoms with Crippen molar-refractivity contribution in [2.75, 3.05) is 15.8 Å². The number of H-pyrrole nitrogens is 1. The summed E-state index contributed by atoms with van der Waals surface area (Å²) in [5, 5.41) is 9.60. The van der Waals surface area contributed by atoms with E-state index in [0.29, 0.717) is 11.5 Å². The quantitative estimate of drug-likeness (QED) is 0.232. The SMILES string of the molecule is NC(=O)c1c(-c2ccc(NS(=O)(=O)CC(F)(F)F)c(OCc3ccccn3)c2)n[nH]c1Nc1cnccn1. The van der Waals surface area contributed by atoms with E-state index in [-0.39, 0.29) is 40.7 Å². The molecule has 3 heterocycles. The molecule has 4 aromatic rings. The van der Waals surface area contributed by atoms with Crippen molar-refractivity contribution >= 4 is 33.3 Å². The third kappa shape index (κ3) is 6.73. The van der Waals surface area contributed by atoms with Crippen molar-refractivity contribution < 1.29 is 31.1 Å². The number of aromatic amines is 1. The molecule has 0 bridgehead atoms. The molecule has 38 heavy (non-hydrogen) atoms. The molecule has 0 atom stereocenters. The zero-order chi connectivity index (χ0) is 27.3. The standard InChI is InChI=1S/C22H19F3N8O4S/c23-22(24,25)12-38(35,36)33-15-5-4-13(9-16(15)37-11-14-3-1-2-6-28-14)19-18(20(26)34)21(32-31-19)30-17-10-27-7-8-29-17/h1-10,33H,11-12H2,(H2,26,34)(H2,29,30,31,32). The number of nitrogens with two attached hydrogens (primary N) is 1. The van der Waals surface area contributed by atoms with Crippen LogP contribution in [0.15, 0.2) is 61.2 Å². The Morgan fingerprint density at radius 1 is 1.11 bits per heavy atom. The monoisotopic (exact) mass is 548 g/mol. The predicted octanol–water partition coefficient (Wildman–Crippen LogP) is 2.99. The molecule has 198 valence electrons. The molecular weight excluding hydrogens is 529 g/mol. The topological polar surface area (TPSA) is 178 Å². The highest BCUT2D eigenvalue weighted by atomic mass is 32.2. The van der Waals surface area contributed by atoms with Crippen molar-refractivity contribution in [2.45, 2.75) is 12.8 Å². The van der Waals surface area contributed by atoms with Crippen LogP contribution < -0.4 is 20.5 Å². The second-order valence-corrected chi connectivity index (χ2v) is 9.42. The molecule has 0 saturated heterocycles. The summed E-state index contributed by atoms with van der Waals surface area (Å²) in [6.07, 6.45) is 0.828. The highest BCUT2D eigenvalue weighted by Gasteiger charge is 2.35.